The number of amides is 1. The quantitative estimate of drug-likeness (QED) is 0.708. The molecule has 8 heteroatoms. The Bertz CT molecular complexity index is 949. The van der Waals surface area contributed by atoms with Crippen LogP contribution < -0.4 is 4.90 Å². The molecule has 0 unspecified atom stereocenters. The van der Waals surface area contributed by atoms with Crippen molar-refractivity contribution in [3.8, 4) is 22.8 Å². The average molecular weight is 367 g/mol. The molecule has 0 atom stereocenters. The van der Waals surface area contributed by atoms with E-state index in [0.717, 1.165) is 18.9 Å². The fourth-order valence-electron chi connectivity index (χ4n) is 3.04. The van der Waals surface area contributed by atoms with Crippen molar-refractivity contribution >= 4 is 11.7 Å². The molecule has 3 heterocycles. The Labute approximate surface area is 155 Å². The van der Waals surface area contributed by atoms with Gasteiger partial charge in [0.25, 0.3) is 5.89 Å². The van der Waals surface area contributed by atoms with Crippen molar-refractivity contribution in [1.29, 1.82) is 0 Å². The average Bonchev–Trinajstić information content (AvgIpc) is 3.18. The van der Waals surface area contributed by atoms with E-state index in [1.807, 2.05) is 17.0 Å². The lowest BCUT2D eigenvalue weighted by molar-refractivity contribution is -0.129. The molecule has 0 saturated carbocycles. The number of halogens is 1. The van der Waals surface area contributed by atoms with Gasteiger partial charge in [-0.2, -0.15) is 4.98 Å². The van der Waals surface area contributed by atoms with Gasteiger partial charge in [0.05, 0.1) is 11.1 Å². The van der Waals surface area contributed by atoms with E-state index in [9.17, 15) is 9.18 Å². The Balaban J connectivity index is 1.49. The number of hydrogen-bond acceptors (Lipinski definition) is 6. The van der Waals surface area contributed by atoms with E-state index in [1.165, 1.54) is 6.07 Å². The molecule has 0 radical (unpaired) electrons. The molecule has 1 aromatic carbocycles. The SMILES string of the molecule is CC(=O)N1CCN(c2ccc(-c3nc(-c4ccccc4F)no3)cn2)CC1. The van der Waals surface area contributed by atoms with Crippen LogP contribution in [-0.4, -0.2) is 52.1 Å². The van der Waals surface area contributed by atoms with E-state index >= 15 is 0 Å². The van der Waals surface area contributed by atoms with Crippen molar-refractivity contribution in [2.24, 2.45) is 0 Å². The largest absolute Gasteiger partial charge is 0.353 e. The number of benzene rings is 1. The molecular formula is C19H18FN5O2. The smallest absolute Gasteiger partial charge is 0.259 e. The van der Waals surface area contributed by atoms with Gasteiger partial charge in [-0.05, 0) is 24.3 Å². The molecule has 0 N–H and O–H groups in total. The first-order chi connectivity index (χ1) is 13.1. The lowest BCUT2D eigenvalue weighted by atomic mass is 10.2. The van der Waals surface area contributed by atoms with Crippen LogP contribution in [0.2, 0.25) is 0 Å². The lowest BCUT2D eigenvalue weighted by Crippen LogP contribution is -2.48. The summed E-state index contributed by atoms with van der Waals surface area (Å²) in [4.78, 5) is 24.1. The minimum atomic E-state index is -0.400. The highest BCUT2D eigenvalue weighted by atomic mass is 19.1. The van der Waals surface area contributed by atoms with Gasteiger partial charge in [0, 0.05) is 39.3 Å². The van der Waals surface area contributed by atoms with Gasteiger partial charge in [-0.3, -0.25) is 4.79 Å². The number of piperazine rings is 1. The second kappa shape index (κ2) is 7.14. The number of hydrogen-bond donors (Lipinski definition) is 0. The van der Waals surface area contributed by atoms with Gasteiger partial charge in [0.15, 0.2) is 0 Å². The number of anilines is 1. The molecule has 7 nitrogen and oxygen atoms in total. The van der Waals surface area contributed by atoms with E-state index in [2.05, 4.69) is 20.0 Å². The standard InChI is InChI=1S/C19H18FN5O2/c1-13(26)24-8-10-25(11-9-24)17-7-6-14(12-21-17)19-22-18(23-27-19)15-4-2-3-5-16(15)20/h2-7,12H,8-11H2,1H3. The topological polar surface area (TPSA) is 75.4 Å². The Hall–Kier alpha value is -3.29. The van der Waals surface area contributed by atoms with Crippen LogP contribution in [0.15, 0.2) is 47.1 Å². The summed E-state index contributed by atoms with van der Waals surface area (Å²) in [5, 5.41) is 3.86. The Kier molecular flexibility index (Phi) is 4.53. The summed E-state index contributed by atoms with van der Waals surface area (Å²) in [6.07, 6.45) is 1.66. The molecule has 1 aliphatic rings. The Morgan fingerprint density at radius 3 is 2.56 bits per heavy atom. The molecule has 1 fully saturated rings. The lowest BCUT2D eigenvalue weighted by Gasteiger charge is -2.34. The summed E-state index contributed by atoms with van der Waals surface area (Å²) >= 11 is 0. The molecule has 2 aromatic heterocycles. The van der Waals surface area contributed by atoms with E-state index in [0.29, 0.717) is 24.2 Å². The first-order valence-electron chi connectivity index (χ1n) is 8.67. The summed E-state index contributed by atoms with van der Waals surface area (Å²) in [7, 11) is 0. The van der Waals surface area contributed by atoms with Gasteiger partial charge in [0.2, 0.25) is 11.7 Å². The molecule has 138 valence electrons. The second-order valence-corrected chi connectivity index (χ2v) is 6.30. The van der Waals surface area contributed by atoms with Crippen LogP contribution >= 0.6 is 0 Å². The highest BCUT2D eigenvalue weighted by molar-refractivity contribution is 5.73. The van der Waals surface area contributed by atoms with Gasteiger partial charge in [-0.25, -0.2) is 9.37 Å². The number of carbonyl (C=O) groups excluding carboxylic acids is 1. The Morgan fingerprint density at radius 2 is 1.89 bits per heavy atom. The van der Waals surface area contributed by atoms with Crippen molar-refractivity contribution in [2.45, 2.75) is 6.92 Å². The van der Waals surface area contributed by atoms with Gasteiger partial charge >= 0.3 is 0 Å². The predicted molar refractivity (Wildman–Crippen MR) is 97.4 cm³/mol. The fourth-order valence-corrected chi connectivity index (χ4v) is 3.04. The number of pyridine rings is 1. The van der Waals surface area contributed by atoms with Crippen LogP contribution in [0.3, 0.4) is 0 Å². The number of aromatic nitrogens is 3. The van der Waals surface area contributed by atoms with Crippen molar-refractivity contribution in [2.75, 3.05) is 31.1 Å². The van der Waals surface area contributed by atoms with Gasteiger partial charge in [0.1, 0.15) is 11.6 Å². The van der Waals surface area contributed by atoms with Crippen LogP contribution in [0.25, 0.3) is 22.8 Å². The summed E-state index contributed by atoms with van der Waals surface area (Å²) in [6, 6.07) is 10.0. The van der Waals surface area contributed by atoms with E-state index in [4.69, 9.17) is 4.52 Å². The number of rotatable bonds is 3. The van der Waals surface area contributed by atoms with Crippen LogP contribution in [0.4, 0.5) is 10.2 Å². The zero-order chi connectivity index (χ0) is 18.8. The van der Waals surface area contributed by atoms with E-state index in [-0.39, 0.29) is 17.6 Å². The highest BCUT2D eigenvalue weighted by Crippen LogP contribution is 2.25. The summed E-state index contributed by atoms with van der Waals surface area (Å²) < 4.78 is 19.1. The molecular weight excluding hydrogens is 349 g/mol. The molecule has 1 saturated heterocycles. The minimum absolute atomic E-state index is 0.0972. The van der Waals surface area contributed by atoms with Gasteiger partial charge in [-0.1, -0.05) is 17.3 Å². The molecule has 27 heavy (non-hydrogen) atoms. The molecule has 3 aromatic rings. The maximum Gasteiger partial charge on any atom is 0.259 e. The first kappa shape index (κ1) is 17.1. The normalized spacial score (nSPS) is 14.4. The fraction of sp³-hybridized carbons (Fsp3) is 0.263. The van der Waals surface area contributed by atoms with Crippen molar-refractivity contribution in [3.05, 3.63) is 48.4 Å². The summed E-state index contributed by atoms with van der Waals surface area (Å²) in [5.74, 6) is 1.01. The molecule has 0 aliphatic carbocycles. The highest BCUT2D eigenvalue weighted by Gasteiger charge is 2.20. The van der Waals surface area contributed by atoms with Crippen LogP contribution in [0.1, 0.15) is 6.92 Å². The molecule has 4 rings (SSSR count). The number of nitrogens with zero attached hydrogens (tertiary/aromatic N) is 5. The van der Waals surface area contributed by atoms with E-state index in [1.54, 1.807) is 31.3 Å². The van der Waals surface area contributed by atoms with Crippen LogP contribution in [0.5, 0.6) is 0 Å². The first-order valence-corrected chi connectivity index (χ1v) is 8.67. The maximum atomic E-state index is 13.9. The predicted octanol–water partition coefficient (Wildman–Crippen LogP) is 2.61. The van der Waals surface area contributed by atoms with Crippen LogP contribution in [0, 0.1) is 5.82 Å². The molecule has 0 spiro atoms. The molecule has 0 bridgehead atoms. The summed E-state index contributed by atoms with van der Waals surface area (Å²) in [6.45, 7) is 4.44. The Morgan fingerprint density at radius 1 is 1.11 bits per heavy atom. The maximum absolute atomic E-state index is 13.9. The minimum Gasteiger partial charge on any atom is -0.353 e. The number of carbonyl (C=O) groups is 1. The van der Waals surface area contributed by atoms with Gasteiger partial charge in [-0.15, -0.1) is 0 Å². The van der Waals surface area contributed by atoms with Gasteiger partial charge < -0.3 is 14.3 Å². The summed E-state index contributed by atoms with van der Waals surface area (Å²) in [5.41, 5.74) is 0.955. The van der Waals surface area contributed by atoms with E-state index < -0.39 is 5.82 Å². The van der Waals surface area contributed by atoms with Crippen molar-refractivity contribution in [1.82, 2.24) is 20.0 Å². The third kappa shape index (κ3) is 3.51. The molecule has 1 amide bonds. The zero-order valence-electron chi connectivity index (χ0n) is 14.8. The van der Waals surface area contributed by atoms with Crippen molar-refractivity contribution < 1.29 is 13.7 Å². The molecule has 1 aliphatic heterocycles. The van der Waals surface area contributed by atoms with Crippen molar-refractivity contribution in [3.63, 3.8) is 0 Å². The third-order valence-corrected chi connectivity index (χ3v) is 4.58. The second-order valence-electron chi connectivity index (χ2n) is 6.30. The zero-order valence-corrected chi connectivity index (χ0v) is 14.8. The third-order valence-electron chi connectivity index (χ3n) is 4.58. The van der Waals surface area contributed by atoms with Crippen LogP contribution in [-0.2, 0) is 4.79 Å². The monoisotopic (exact) mass is 367 g/mol.